The van der Waals surface area contributed by atoms with Crippen molar-refractivity contribution in [3.05, 3.63) is 59.9 Å². The van der Waals surface area contributed by atoms with Gasteiger partial charge in [0.2, 0.25) is 0 Å². The van der Waals surface area contributed by atoms with E-state index in [1.165, 1.54) is 24.0 Å². The van der Waals surface area contributed by atoms with Gasteiger partial charge in [0.05, 0.1) is 0 Å². The first-order chi connectivity index (χ1) is 9.38. The number of rotatable bonds is 8. The lowest BCUT2D eigenvalue weighted by molar-refractivity contribution is 0.638. The van der Waals surface area contributed by atoms with Gasteiger partial charge in [-0.2, -0.15) is 0 Å². The standard InChI is InChI=1S/C17H24N2/c1-2-11-18-14-17-10-13-19(15-17)12-6-9-16-7-4-3-5-8-16/h3-5,7-8,10,13,15,18H,2,6,9,11-12,14H2,1H3. The Morgan fingerprint density at radius 2 is 1.89 bits per heavy atom. The highest BCUT2D eigenvalue weighted by Crippen LogP contribution is 2.06. The summed E-state index contributed by atoms with van der Waals surface area (Å²) in [6.45, 7) is 5.38. The Kier molecular flexibility index (Phi) is 5.70. The van der Waals surface area contributed by atoms with Crippen molar-refractivity contribution in [1.29, 1.82) is 0 Å². The molecule has 2 heteroatoms. The SMILES string of the molecule is CCCNCc1ccn(CCCc2ccccc2)c1. The van der Waals surface area contributed by atoms with Crippen molar-refractivity contribution in [2.45, 2.75) is 39.3 Å². The maximum absolute atomic E-state index is 3.43. The van der Waals surface area contributed by atoms with Gasteiger partial charge in [0.25, 0.3) is 0 Å². The van der Waals surface area contributed by atoms with E-state index in [0.717, 1.165) is 26.1 Å². The van der Waals surface area contributed by atoms with Crippen molar-refractivity contribution in [1.82, 2.24) is 9.88 Å². The predicted molar refractivity (Wildman–Crippen MR) is 81.2 cm³/mol. The first-order valence-electron chi connectivity index (χ1n) is 7.28. The molecule has 19 heavy (non-hydrogen) atoms. The fourth-order valence-corrected chi connectivity index (χ4v) is 2.25. The van der Waals surface area contributed by atoms with Crippen LogP contribution in [0.3, 0.4) is 0 Å². The fraction of sp³-hybridized carbons (Fsp3) is 0.412. The van der Waals surface area contributed by atoms with Gasteiger partial charge in [-0.05, 0) is 43.0 Å². The third-order valence-corrected chi connectivity index (χ3v) is 3.29. The van der Waals surface area contributed by atoms with Gasteiger partial charge in [0.15, 0.2) is 0 Å². The topological polar surface area (TPSA) is 17.0 Å². The monoisotopic (exact) mass is 256 g/mol. The summed E-state index contributed by atoms with van der Waals surface area (Å²) in [4.78, 5) is 0. The minimum Gasteiger partial charge on any atom is -0.354 e. The molecular weight excluding hydrogens is 232 g/mol. The smallest absolute Gasteiger partial charge is 0.0222 e. The van der Waals surface area contributed by atoms with Gasteiger partial charge < -0.3 is 9.88 Å². The molecule has 0 atom stereocenters. The summed E-state index contributed by atoms with van der Waals surface area (Å²) < 4.78 is 2.30. The normalized spacial score (nSPS) is 10.8. The van der Waals surface area contributed by atoms with Crippen molar-refractivity contribution >= 4 is 0 Å². The lowest BCUT2D eigenvalue weighted by Gasteiger charge is -2.03. The second-order valence-electron chi connectivity index (χ2n) is 5.02. The van der Waals surface area contributed by atoms with Crippen LogP contribution in [0.4, 0.5) is 0 Å². The Morgan fingerprint density at radius 1 is 1.05 bits per heavy atom. The predicted octanol–water partition coefficient (Wildman–Crippen LogP) is 3.62. The van der Waals surface area contributed by atoms with Crippen molar-refractivity contribution in [2.24, 2.45) is 0 Å². The third kappa shape index (κ3) is 4.92. The molecule has 2 nitrogen and oxygen atoms in total. The molecular formula is C17H24N2. The molecule has 0 saturated heterocycles. The average molecular weight is 256 g/mol. The highest BCUT2D eigenvalue weighted by Gasteiger charge is 1.97. The maximum Gasteiger partial charge on any atom is 0.0222 e. The zero-order valence-corrected chi connectivity index (χ0v) is 11.8. The molecule has 0 aliphatic heterocycles. The van der Waals surface area contributed by atoms with Gasteiger partial charge in [-0.15, -0.1) is 0 Å². The first-order valence-corrected chi connectivity index (χ1v) is 7.28. The maximum atomic E-state index is 3.43. The van der Waals surface area contributed by atoms with Crippen molar-refractivity contribution in [2.75, 3.05) is 6.54 Å². The van der Waals surface area contributed by atoms with Crippen LogP contribution in [0.1, 0.15) is 30.9 Å². The minimum atomic E-state index is 0.986. The minimum absolute atomic E-state index is 0.986. The van der Waals surface area contributed by atoms with Crippen LogP contribution in [-0.2, 0) is 19.5 Å². The molecule has 2 aromatic rings. The van der Waals surface area contributed by atoms with E-state index in [1.54, 1.807) is 0 Å². The number of hydrogen-bond acceptors (Lipinski definition) is 1. The first kappa shape index (κ1) is 13.9. The Bertz CT molecular complexity index is 459. The average Bonchev–Trinajstić information content (AvgIpc) is 2.88. The zero-order valence-electron chi connectivity index (χ0n) is 11.8. The van der Waals surface area contributed by atoms with Gasteiger partial charge >= 0.3 is 0 Å². The van der Waals surface area contributed by atoms with E-state index >= 15 is 0 Å². The van der Waals surface area contributed by atoms with Crippen molar-refractivity contribution in [3.63, 3.8) is 0 Å². The summed E-state index contributed by atoms with van der Waals surface area (Å²) in [5.41, 5.74) is 2.81. The molecule has 1 aromatic carbocycles. The molecule has 0 spiro atoms. The largest absolute Gasteiger partial charge is 0.354 e. The highest BCUT2D eigenvalue weighted by atomic mass is 14.9. The molecule has 102 valence electrons. The van der Waals surface area contributed by atoms with Crippen LogP contribution >= 0.6 is 0 Å². The molecule has 0 bridgehead atoms. The lowest BCUT2D eigenvalue weighted by atomic mass is 10.1. The molecule has 0 amide bonds. The molecule has 0 unspecified atom stereocenters. The zero-order chi connectivity index (χ0) is 13.3. The second kappa shape index (κ2) is 7.80. The van der Waals surface area contributed by atoms with Crippen LogP contribution in [0.5, 0.6) is 0 Å². The van der Waals surface area contributed by atoms with E-state index < -0.39 is 0 Å². The van der Waals surface area contributed by atoms with Gasteiger partial charge in [-0.3, -0.25) is 0 Å². The van der Waals surface area contributed by atoms with E-state index in [-0.39, 0.29) is 0 Å². The Morgan fingerprint density at radius 3 is 2.68 bits per heavy atom. The molecule has 2 rings (SSSR count). The summed E-state index contributed by atoms with van der Waals surface area (Å²) in [7, 11) is 0. The van der Waals surface area contributed by atoms with E-state index in [9.17, 15) is 0 Å². The Balaban J connectivity index is 1.71. The number of hydrogen-bond donors (Lipinski definition) is 1. The van der Waals surface area contributed by atoms with Crippen LogP contribution in [0.2, 0.25) is 0 Å². The fourth-order valence-electron chi connectivity index (χ4n) is 2.25. The summed E-state index contributed by atoms with van der Waals surface area (Å²) >= 11 is 0. The molecule has 0 radical (unpaired) electrons. The number of aryl methyl sites for hydroxylation is 2. The number of benzene rings is 1. The summed E-state index contributed by atoms with van der Waals surface area (Å²) in [6, 6.07) is 12.9. The van der Waals surface area contributed by atoms with E-state index in [0.29, 0.717) is 0 Å². The van der Waals surface area contributed by atoms with Crippen LogP contribution in [-0.4, -0.2) is 11.1 Å². The second-order valence-corrected chi connectivity index (χ2v) is 5.02. The van der Waals surface area contributed by atoms with Gasteiger partial charge in [-0.25, -0.2) is 0 Å². The number of nitrogens with one attached hydrogen (secondary N) is 1. The van der Waals surface area contributed by atoms with Gasteiger partial charge in [-0.1, -0.05) is 37.3 Å². The molecule has 0 saturated carbocycles. The van der Waals surface area contributed by atoms with Gasteiger partial charge in [0, 0.05) is 25.5 Å². The van der Waals surface area contributed by atoms with E-state index in [1.807, 2.05) is 0 Å². The summed E-state index contributed by atoms with van der Waals surface area (Å²) in [5.74, 6) is 0. The van der Waals surface area contributed by atoms with Crippen LogP contribution in [0, 0.1) is 0 Å². The Labute approximate surface area is 116 Å². The lowest BCUT2D eigenvalue weighted by Crippen LogP contribution is -2.13. The van der Waals surface area contributed by atoms with Crippen LogP contribution in [0.25, 0.3) is 0 Å². The number of aromatic nitrogens is 1. The molecule has 1 N–H and O–H groups in total. The number of nitrogens with zero attached hydrogens (tertiary/aromatic N) is 1. The van der Waals surface area contributed by atoms with Gasteiger partial charge in [0.1, 0.15) is 0 Å². The molecule has 0 fully saturated rings. The quantitative estimate of drug-likeness (QED) is 0.714. The summed E-state index contributed by atoms with van der Waals surface area (Å²) in [6.07, 6.45) is 7.99. The van der Waals surface area contributed by atoms with Crippen LogP contribution in [0.15, 0.2) is 48.8 Å². The van der Waals surface area contributed by atoms with E-state index in [4.69, 9.17) is 0 Å². The van der Waals surface area contributed by atoms with Crippen molar-refractivity contribution in [3.8, 4) is 0 Å². The Hall–Kier alpha value is -1.54. The summed E-state index contributed by atoms with van der Waals surface area (Å²) in [5, 5.41) is 3.43. The van der Waals surface area contributed by atoms with Crippen molar-refractivity contribution < 1.29 is 0 Å². The highest BCUT2D eigenvalue weighted by molar-refractivity contribution is 5.14. The molecule has 0 aliphatic rings. The molecule has 1 heterocycles. The molecule has 1 aromatic heterocycles. The third-order valence-electron chi connectivity index (χ3n) is 3.29. The van der Waals surface area contributed by atoms with Crippen LogP contribution < -0.4 is 5.32 Å². The molecule has 0 aliphatic carbocycles. The van der Waals surface area contributed by atoms with E-state index in [2.05, 4.69) is 65.6 Å².